The van der Waals surface area contributed by atoms with Gasteiger partial charge in [-0.15, -0.1) is 0 Å². The first kappa shape index (κ1) is 31.9. The number of nitrogens with zero attached hydrogens (tertiary/aromatic N) is 4. The van der Waals surface area contributed by atoms with Gasteiger partial charge in [0.15, 0.2) is 0 Å². The maximum absolute atomic E-state index is 14.0. The molecular formula is C35H48N4O5. The van der Waals surface area contributed by atoms with Gasteiger partial charge >= 0.3 is 12.0 Å². The maximum Gasteiger partial charge on any atom is 0.319 e. The van der Waals surface area contributed by atoms with Gasteiger partial charge in [-0.05, 0) is 60.9 Å². The van der Waals surface area contributed by atoms with E-state index in [1.165, 1.54) is 0 Å². The van der Waals surface area contributed by atoms with Gasteiger partial charge in [-0.3, -0.25) is 19.5 Å². The Morgan fingerprint density at radius 2 is 2.02 bits per heavy atom. The summed E-state index contributed by atoms with van der Waals surface area (Å²) in [7, 11) is 1.81. The number of ketones is 1. The molecule has 2 saturated heterocycles. The Morgan fingerprint density at radius 3 is 2.80 bits per heavy atom. The molecule has 9 nitrogen and oxygen atoms in total. The Labute approximate surface area is 261 Å². The van der Waals surface area contributed by atoms with Gasteiger partial charge in [-0.1, -0.05) is 44.4 Å². The second-order valence-corrected chi connectivity index (χ2v) is 12.8. The van der Waals surface area contributed by atoms with Crippen LogP contribution >= 0.6 is 0 Å². The summed E-state index contributed by atoms with van der Waals surface area (Å²) in [4.78, 5) is 49.8. The van der Waals surface area contributed by atoms with Crippen molar-refractivity contribution in [2.75, 3.05) is 46.4 Å². The minimum absolute atomic E-state index is 0.00897. The van der Waals surface area contributed by atoms with Gasteiger partial charge in [0.2, 0.25) is 0 Å². The van der Waals surface area contributed by atoms with E-state index >= 15 is 0 Å². The van der Waals surface area contributed by atoms with Crippen molar-refractivity contribution in [3.8, 4) is 5.75 Å². The summed E-state index contributed by atoms with van der Waals surface area (Å²) in [6.07, 6.45) is 11.5. The Balaban J connectivity index is 1.37. The predicted molar refractivity (Wildman–Crippen MR) is 169 cm³/mol. The van der Waals surface area contributed by atoms with Crippen molar-refractivity contribution in [2.45, 2.75) is 76.7 Å². The number of rotatable bonds is 15. The van der Waals surface area contributed by atoms with Gasteiger partial charge in [0, 0.05) is 69.9 Å². The van der Waals surface area contributed by atoms with Crippen LogP contribution in [0.2, 0.25) is 0 Å². The number of hydrogen-bond acceptors (Lipinski definition) is 6. The van der Waals surface area contributed by atoms with Gasteiger partial charge in [-0.25, -0.2) is 4.79 Å². The minimum Gasteiger partial charge on any atom is -0.493 e. The Morgan fingerprint density at radius 1 is 1.16 bits per heavy atom. The van der Waals surface area contributed by atoms with Crippen LogP contribution in [0.4, 0.5) is 4.79 Å². The molecule has 4 heterocycles. The fraction of sp³-hybridized carbons (Fsp3) is 0.600. The second-order valence-electron chi connectivity index (χ2n) is 12.8. The third kappa shape index (κ3) is 7.60. The third-order valence-corrected chi connectivity index (χ3v) is 9.86. The van der Waals surface area contributed by atoms with Crippen LogP contribution < -0.4 is 4.74 Å². The van der Waals surface area contributed by atoms with E-state index in [9.17, 15) is 19.5 Å². The standard InChI is InChI=1S/C35H48N4O5/c1-3-4-5-9-26(11-10-25-8-6-16-36-22-25)31(40)24-39-23-29(27-12-13-32-28(21-27)15-20-44-32)33(34(41)42)30(39)14-19-38-18-7-17-37(2)35(38)43/h6,8,12-13,16,21-22,26,29-30,33H,3-5,7,9-11,14-15,17-20,23-24H2,1-2H3,(H,41,42)/t26?,29-,30+,33-/m1/s1. The van der Waals surface area contributed by atoms with Crippen molar-refractivity contribution in [3.05, 3.63) is 59.4 Å². The molecule has 0 spiro atoms. The molecule has 5 rings (SSSR count). The summed E-state index contributed by atoms with van der Waals surface area (Å²) in [5.74, 6) is -0.780. The number of urea groups is 1. The summed E-state index contributed by atoms with van der Waals surface area (Å²) < 4.78 is 5.71. The number of Topliss-reactive ketones (excluding diaryl/α,β-unsaturated/α-hetero) is 1. The lowest BCUT2D eigenvalue weighted by atomic mass is 9.83. The molecule has 3 aliphatic rings. The Kier molecular flexibility index (Phi) is 10.9. The normalized spacial score (nSPS) is 22.6. The van der Waals surface area contributed by atoms with Crippen LogP contribution in [-0.4, -0.2) is 95.0 Å². The molecule has 1 unspecified atom stereocenters. The Hall–Kier alpha value is -3.46. The van der Waals surface area contributed by atoms with E-state index in [2.05, 4.69) is 28.9 Å². The number of carboxylic acids is 1. The number of aryl methyl sites for hydroxylation is 1. The molecule has 2 aromatic rings. The SMILES string of the molecule is CCCCCC(CCc1cccnc1)C(=O)CN1C[C@H](c2ccc3c(c2)CCO3)[C@@H](C(=O)O)[C@@H]1CCN1CCCN(C)C1=O. The van der Waals surface area contributed by atoms with Crippen LogP contribution in [0.3, 0.4) is 0 Å². The summed E-state index contributed by atoms with van der Waals surface area (Å²) in [5.41, 5.74) is 3.24. The van der Waals surface area contributed by atoms with Crippen molar-refractivity contribution in [1.82, 2.24) is 19.7 Å². The fourth-order valence-corrected chi connectivity index (χ4v) is 7.38. The molecule has 2 fully saturated rings. The summed E-state index contributed by atoms with van der Waals surface area (Å²) in [6.45, 7) is 5.44. The molecule has 238 valence electrons. The van der Waals surface area contributed by atoms with Crippen molar-refractivity contribution >= 4 is 17.8 Å². The number of ether oxygens (including phenoxy) is 1. The topological polar surface area (TPSA) is 103 Å². The van der Waals surface area contributed by atoms with E-state index < -0.39 is 11.9 Å². The molecule has 2 amide bonds. The van der Waals surface area contributed by atoms with Gasteiger partial charge in [-0.2, -0.15) is 0 Å². The number of carbonyl (C=O) groups excluding carboxylic acids is 2. The molecular weight excluding hydrogens is 556 g/mol. The van der Waals surface area contributed by atoms with Crippen LogP contribution in [0.15, 0.2) is 42.7 Å². The van der Waals surface area contributed by atoms with E-state index in [-0.39, 0.29) is 36.2 Å². The quantitative estimate of drug-likeness (QED) is 0.285. The average molecular weight is 605 g/mol. The van der Waals surface area contributed by atoms with E-state index in [1.807, 2.05) is 36.3 Å². The summed E-state index contributed by atoms with van der Waals surface area (Å²) in [5, 5.41) is 10.6. The number of unbranched alkanes of at least 4 members (excludes halogenated alkanes) is 2. The predicted octanol–water partition coefficient (Wildman–Crippen LogP) is 5.03. The molecule has 0 bridgehead atoms. The number of benzene rings is 1. The van der Waals surface area contributed by atoms with E-state index in [4.69, 9.17) is 4.74 Å². The van der Waals surface area contributed by atoms with Crippen molar-refractivity contribution < 1.29 is 24.2 Å². The van der Waals surface area contributed by atoms with E-state index in [0.29, 0.717) is 32.7 Å². The second kappa shape index (κ2) is 15.0. The first-order valence-corrected chi connectivity index (χ1v) is 16.5. The molecule has 0 aliphatic carbocycles. The largest absolute Gasteiger partial charge is 0.493 e. The number of amides is 2. The first-order valence-electron chi connectivity index (χ1n) is 16.5. The summed E-state index contributed by atoms with van der Waals surface area (Å²) in [6, 6.07) is 9.70. The smallest absolute Gasteiger partial charge is 0.319 e. The number of aliphatic carboxylic acids is 1. The van der Waals surface area contributed by atoms with Gasteiger partial charge in [0.1, 0.15) is 11.5 Å². The zero-order valence-corrected chi connectivity index (χ0v) is 26.3. The molecule has 1 aromatic carbocycles. The number of hydrogen-bond donors (Lipinski definition) is 1. The zero-order valence-electron chi connectivity index (χ0n) is 26.3. The van der Waals surface area contributed by atoms with Crippen molar-refractivity contribution in [2.24, 2.45) is 11.8 Å². The molecule has 1 N–H and O–H groups in total. The Bertz CT molecular complexity index is 1290. The molecule has 0 saturated carbocycles. The first-order chi connectivity index (χ1) is 21.4. The highest BCUT2D eigenvalue weighted by Crippen LogP contribution is 2.41. The van der Waals surface area contributed by atoms with Gasteiger partial charge in [0.05, 0.1) is 19.1 Å². The lowest BCUT2D eigenvalue weighted by Crippen LogP contribution is -2.49. The number of fused-ring (bicyclic) bond motifs is 1. The highest BCUT2D eigenvalue weighted by atomic mass is 16.5. The third-order valence-electron chi connectivity index (χ3n) is 9.86. The fourth-order valence-electron chi connectivity index (χ4n) is 7.38. The monoisotopic (exact) mass is 604 g/mol. The van der Waals surface area contributed by atoms with Crippen LogP contribution in [0.1, 0.15) is 74.5 Å². The van der Waals surface area contributed by atoms with Crippen molar-refractivity contribution in [1.29, 1.82) is 0 Å². The molecule has 4 atom stereocenters. The maximum atomic E-state index is 14.0. The highest BCUT2D eigenvalue weighted by Gasteiger charge is 2.47. The summed E-state index contributed by atoms with van der Waals surface area (Å²) >= 11 is 0. The molecule has 44 heavy (non-hydrogen) atoms. The van der Waals surface area contributed by atoms with E-state index in [0.717, 1.165) is 80.4 Å². The van der Waals surface area contributed by atoms with E-state index in [1.54, 1.807) is 11.1 Å². The number of likely N-dealkylation sites (tertiary alicyclic amines) is 1. The lowest BCUT2D eigenvalue weighted by Gasteiger charge is -2.35. The number of carbonyl (C=O) groups is 3. The number of carboxylic acid groups (broad SMARTS) is 1. The molecule has 0 radical (unpaired) electrons. The van der Waals surface area contributed by atoms with Crippen LogP contribution in [0, 0.1) is 11.8 Å². The molecule has 9 heteroatoms. The lowest BCUT2D eigenvalue weighted by molar-refractivity contribution is -0.143. The van der Waals surface area contributed by atoms with Gasteiger partial charge < -0.3 is 19.6 Å². The minimum atomic E-state index is -0.843. The van der Waals surface area contributed by atoms with Crippen molar-refractivity contribution in [3.63, 3.8) is 0 Å². The van der Waals surface area contributed by atoms with Gasteiger partial charge in [0.25, 0.3) is 0 Å². The van der Waals surface area contributed by atoms with Crippen LogP contribution in [0.25, 0.3) is 0 Å². The van der Waals surface area contributed by atoms with Crippen LogP contribution in [-0.2, 0) is 22.4 Å². The number of aromatic nitrogens is 1. The van der Waals surface area contributed by atoms with Crippen LogP contribution in [0.5, 0.6) is 5.75 Å². The highest BCUT2D eigenvalue weighted by molar-refractivity contribution is 5.83. The molecule has 1 aromatic heterocycles. The number of pyridine rings is 1. The molecule has 3 aliphatic heterocycles. The average Bonchev–Trinajstić information content (AvgIpc) is 3.64. The zero-order chi connectivity index (χ0) is 31.1.